The molecule has 17 heavy (non-hydrogen) atoms. The molecular weight excluding hydrogens is 226 g/mol. The topological polar surface area (TPSA) is 12.0 Å². The molecule has 1 aromatic rings. The Labute approximate surface area is 109 Å². The molecule has 1 aromatic carbocycles. The smallest absolute Gasteiger partial charge is 0.0106 e. The SMILES string of the molecule is CCCCNCCSc1ccc2c(c1)CCC2. The molecule has 94 valence electrons. The van der Waals surface area contributed by atoms with E-state index in [1.54, 1.807) is 11.1 Å². The van der Waals surface area contributed by atoms with E-state index in [0.717, 1.165) is 6.54 Å². The second kappa shape index (κ2) is 7.07. The number of aryl methyl sites for hydroxylation is 2. The summed E-state index contributed by atoms with van der Waals surface area (Å²) in [5.41, 5.74) is 3.17. The van der Waals surface area contributed by atoms with Gasteiger partial charge in [0.2, 0.25) is 0 Å². The zero-order chi connectivity index (χ0) is 11.9. The van der Waals surface area contributed by atoms with Crippen molar-refractivity contribution in [3.63, 3.8) is 0 Å². The van der Waals surface area contributed by atoms with E-state index in [0.29, 0.717) is 0 Å². The van der Waals surface area contributed by atoms with Crippen LogP contribution in [0.1, 0.15) is 37.3 Å². The molecule has 1 aliphatic rings. The maximum Gasteiger partial charge on any atom is 0.0106 e. The van der Waals surface area contributed by atoms with Crippen molar-refractivity contribution in [2.24, 2.45) is 0 Å². The first-order valence-electron chi connectivity index (χ1n) is 6.85. The molecule has 0 heterocycles. The number of thioether (sulfide) groups is 1. The molecule has 0 fully saturated rings. The predicted molar refractivity (Wildman–Crippen MR) is 77.0 cm³/mol. The van der Waals surface area contributed by atoms with Gasteiger partial charge in [0.05, 0.1) is 0 Å². The lowest BCUT2D eigenvalue weighted by Gasteiger charge is -2.06. The van der Waals surface area contributed by atoms with E-state index in [1.165, 1.54) is 49.3 Å². The fraction of sp³-hybridized carbons (Fsp3) is 0.600. The largest absolute Gasteiger partial charge is 0.316 e. The Morgan fingerprint density at radius 2 is 2.06 bits per heavy atom. The van der Waals surface area contributed by atoms with Gasteiger partial charge < -0.3 is 5.32 Å². The average molecular weight is 249 g/mol. The van der Waals surface area contributed by atoms with Crippen LogP contribution in [0.2, 0.25) is 0 Å². The maximum absolute atomic E-state index is 3.49. The quantitative estimate of drug-likeness (QED) is 0.584. The molecule has 0 bridgehead atoms. The van der Waals surface area contributed by atoms with Crippen LogP contribution in [0.25, 0.3) is 0 Å². The minimum absolute atomic E-state index is 1.13. The highest BCUT2D eigenvalue weighted by Gasteiger charge is 2.10. The van der Waals surface area contributed by atoms with Crippen LogP contribution >= 0.6 is 11.8 Å². The lowest BCUT2D eigenvalue weighted by molar-refractivity contribution is 0.666. The molecule has 2 heteroatoms. The Bertz CT molecular complexity index is 349. The van der Waals surface area contributed by atoms with Crippen molar-refractivity contribution in [2.75, 3.05) is 18.8 Å². The van der Waals surface area contributed by atoms with Crippen LogP contribution in [0.4, 0.5) is 0 Å². The Balaban J connectivity index is 1.69. The zero-order valence-electron chi connectivity index (χ0n) is 10.8. The van der Waals surface area contributed by atoms with E-state index in [1.807, 2.05) is 11.8 Å². The number of rotatable bonds is 7. The van der Waals surface area contributed by atoms with E-state index in [-0.39, 0.29) is 0 Å². The summed E-state index contributed by atoms with van der Waals surface area (Å²) >= 11 is 1.98. The van der Waals surface area contributed by atoms with Gasteiger partial charge in [-0.25, -0.2) is 0 Å². The molecule has 0 saturated heterocycles. The van der Waals surface area contributed by atoms with Crippen LogP contribution < -0.4 is 5.32 Å². The fourth-order valence-electron chi connectivity index (χ4n) is 2.31. The van der Waals surface area contributed by atoms with E-state index >= 15 is 0 Å². The van der Waals surface area contributed by atoms with Gasteiger partial charge in [-0.15, -0.1) is 11.8 Å². The van der Waals surface area contributed by atoms with Crippen molar-refractivity contribution in [3.05, 3.63) is 29.3 Å². The molecule has 0 amide bonds. The third-order valence-electron chi connectivity index (χ3n) is 3.32. The van der Waals surface area contributed by atoms with Crippen molar-refractivity contribution in [3.8, 4) is 0 Å². The van der Waals surface area contributed by atoms with Gasteiger partial charge >= 0.3 is 0 Å². The van der Waals surface area contributed by atoms with E-state index in [2.05, 4.69) is 30.4 Å². The minimum Gasteiger partial charge on any atom is -0.316 e. The lowest BCUT2D eigenvalue weighted by atomic mass is 10.1. The number of hydrogen-bond donors (Lipinski definition) is 1. The van der Waals surface area contributed by atoms with Crippen LogP contribution in [0.15, 0.2) is 23.1 Å². The highest BCUT2D eigenvalue weighted by atomic mass is 32.2. The first-order valence-corrected chi connectivity index (χ1v) is 7.84. The Hall–Kier alpha value is -0.470. The summed E-state index contributed by atoms with van der Waals surface area (Å²) in [6.45, 7) is 4.53. The zero-order valence-corrected chi connectivity index (χ0v) is 11.6. The third-order valence-corrected chi connectivity index (χ3v) is 4.32. The van der Waals surface area contributed by atoms with E-state index < -0.39 is 0 Å². The monoisotopic (exact) mass is 249 g/mol. The normalized spacial score (nSPS) is 13.9. The molecule has 0 saturated carbocycles. The van der Waals surface area contributed by atoms with Crippen molar-refractivity contribution >= 4 is 11.8 Å². The number of hydrogen-bond acceptors (Lipinski definition) is 2. The summed E-state index contributed by atoms with van der Waals surface area (Å²) in [7, 11) is 0. The molecular formula is C15H23NS. The summed E-state index contributed by atoms with van der Waals surface area (Å²) in [4.78, 5) is 1.45. The molecule has 0 radical (unpaired) electrons. The highest BCUT2D eigenvalue weighted by Crippen LogP contribution is 2.27. The molecule has 1 nitrogen and oxygen atoms in total. The standard InChI is InChI=1S/C15H23NS/c1-2-3-9-16-10-11-17-15-8-7-13-5-4-6-14(13)12-15/h7-8,12,16H,2-6,9-11H2,1H3. The maximum atomic E-state index is 3.49. The first-order chi connectivity index (χ1) is 8.40. The number of nitrogens with one attached hydrogen (secondary N) is 1. The summed E-state index contributed by atoms with van der Waals surface area (Å²) in [6.07, 6.45) is 6.51. The first kappa shape index (κ1) is 13.0. The summed E-state index contributed by atoms with van der Waals surface area (Å²) in [6, 6.07) is 7.02. The average Bonchev–Trinajstić information content (AvgIpc) is 2.81. The Morgan fingerprint density at radius 3 is 2.94 bits per heavy atom. The van der Waals surface area contributed by atoms with Crippen molar-refractivity contribution in [1.82, 2.24) is 5.32 Å². The van der Waals surface area contributed by atoms with Gasteiger partial charge in [-0.1, -0.05) is 19.4 Å². The molecule has 0 aliphatic heterocycles. The van der Waals surface area contributed by atoms with Crippen LogP contribution in [0.3, 0.4) is 0 Å². The number of unbranched alkanes of at least 4 members (excludes halogenated alkanes) is 1. The number of benzene rings is 1. The number of fused-ring (bicyclic) bond motifs is 1. The van der Waals surface area contributed by atoms with E-state index in [4.69, 9.17) is 0 Å². The van der Waals surface area contributed by atoms with Gasteiger partial charge in [0.15, 0.2) is 0 Å². The van der Waals surface area contributed by atoms with E-state index in [9.17, 15) is 0 Å². The predicted octanol–water partition coefficient (Wildman–Crippen LogP) is 3.66. The van der Waals surface area contributed by atoms with Crippen LogP contribution in [-0.2, 0) is 12.8 Å². The Morgan fingerprint density at radius 1 is 1.18 bits per heavy atom. The van der Waals surface area contributed by atoms with Crippen molar-refractivity contribution < 1.29 is 0 Å². The van der Waals surface area contributed by atoms with Gasteiger partial charge in [0.25, 0.3) is 0 Å². The molecule has 1 aliphatic carbocycles. The van der Waals surface area contributed by atoms with Crippen LogP contribution in [0, 0.1) is 0 Å². The molecule has 1 N–H and O–H groups in total. The molecule has 0 aromatic heterocycles. The Kier molecular flexibility index (Phi) is 5.40. The molecule has 2 rings (SSSR count). The summed E-state index contributed by atoms with van der Waals surface area (Å²) < 4.78 is 0. The second-order valence-corrected chi connectivity index (χ2v) is 5.90. The molecule has 0 spiro atoms. The lowest BCUT2D eigenvalue weighted by Crippen LogP contribution is -2.18. The minimum atomic E-state index is 1.13. The van der Waals surface area contributed by atoms with Crippen molar-refractivity contribution in [1.29, 1.82) is 0 Å². The van der Waals surface area contributed by atoms with Gasteiger partial charge in [-0.05, 0) is 55.5 Å². The van der Waals surface area contributed by atoms with Crippen LogP contribution in [-0.4, -0.2) is 18.8 Å². The van der Waals surface area contributed by atoms with Crippen molar-refractivity contribution in [2.45, 2.75) is 43.9 Å². The highest BCUT2D eigenvalue weighted by molar-refractivity contribution is 7.99. The fourth-order valence-corrected chi connectivity index (χ4v) is 3.18. The summed E-state index contributed by atoms with van der Waals surface area (Å²) in [5, 5.41) is 3.49. The second-order valence-electron chi connectivity index (χ2n) is 4.74. The molecule has 0 atom stereocenters. The molecule has 0 unspecified atom stereocenters. The van der Waals surface area contributed by atoms with Gasteiger partial charge in [0, 0.05) is 17.2 Å². The van der Waals surface area contributed by atoms with Gasteiger partial charge in [-0.3, -0.25) is 0 Å². The van der Waals surface area contributed by atoms with Gasteiger partial charge in [-0.2, -0.15) is 0 Å². The third kappa shape index (κ3) is 4.04. The van der Waals surface area contributed by atoms with Gasteiger partial charge in [0.1, 0.15) is 0 Å². The van der Waals surface area contributed by atoms with Crippen LogP contribution in [0.5, 0.6) is 0 Å². The summed E-state index contributed by atoms with van der Waals surface area (Å²) in [5.74, 6) is 1.18.